The zero-order chi connectivity index (χ0) is 19.2. The van der Waals surface area contributed by atoms with Crippen molar-refractivity contribution in [2.75, 3.05) is 6.54 Å². The lowest BCUT2D eigenvalue weighted by molar-refractivity contribution is -0.120. The van der Waals surface area contributed by atoms with Gasteiger partial charge >= 0.3 is 0 Å². The molecule has 6 nitrogen and oxygen atoms in total. The molecule has 0 radical (unpaired) electrons. The topological polar surface area (TPSA) is 76.0 Å². The quantitative estimate of drug-likeness (QED) is 0.636. The molecule has 1 atom stereocenters. The third-order valence-corrected chi connectivity index (χ3v) is 4.54. The van der Waals surface area contributed by atoms with Crippen molar-refractivity contribution < 1.29 is 9.59 Å². The maximum Gasteiger partial charge on any atom is 0.251 e. The maximum absolute atomic E-state index is 12.5. The summed E-state index contributed by atoms with van der Waals surface area (Å²) in [6.45, 7) is -0.126. The van der Waals surface area contributed by atoms with Gasteiger partial charge in [-0.05, 0) is 23.8 Å². The van der Waals surface area contributed by atoms with E-state index in [0.717, 1.165) is 10.0 Å². The second-order valence-corrected chi connectivity index (χ2v) is 6.92. The third-order valence-electron chi connectivity index (χ3n) is 4.05. The Morgan fingerprint density at radius 2 is 1.93 bits per heavy atom. The van der Waals surface area contributed by atoms with Gasteiger partial charge in [-0.2, -0.15) is 0 Å². The molecule has 27 heavy (non-hydrogen) atoms. The summed E-state index contributed by atoms with van der Waals surface area (Å²) in [5, 5.41) is 5.59. The molecule has 2 aromatic carbocycles. The number of aryl methyl sites for hydroxylation is 1. The number of rotatable bonds is 6. The van der Waals surface area contributed by atoms with E-state index in [1.807, 2.05) is 54.2 Å². The number of benzene rings is 2. The molecule has 1 aromatic heterocycles. The second kappa shape index (κ2) is 8.64. The average molecular weight is 427 g/mol. The first-order valence-electron chi connectivity index (χ1n) is 8.40. The highest BCUT2D eigenvalue weighted by Crippen LogP contribution is 2.20. The molecule has 2 N–H and O–H groups in total. The van der Waals surface area contributed by atoms with E-state index in [2.05, 4.69) is 31.5 Å². The smallest absolute Gasteiger partial charge is 0.251 e. The fourth-order valence-electron chi connectivity index (χ4n) is 2.70. The molecule has 3 aromatic rings. The Balaban J connectivity index is 1.68. The van der Waals surface area contributed by atoms with E-state index >= 15 is 0 Å². The number of hydrogen-bond donors (Lipinski definition) is 2. The first kappa shape index (κ1) is 18.8. The normalized spacial score (nSPS) is 11.6. The molecular formula is C20H19BrN4O2. The van der Waals surface area contributed by atoms with Crippen molar-refractivity contribution in [2.45, 2.75) is 6.04 Å². The first-order chi connectivity index (χ1) is 13.0. The number of nitrogens with one attached hydrogen (secondary N) is 2. The zero-order valence-electron chi connectivity index (χ0n) is 14.7. The van der Waals surface area contributed by atoms with Crippen LogP contribution in [-0.2, 0) is 11.8 Å². The number of imidazole rings is 1. The molecule has 2 amide bonds. The van der Waals surface area contributed by atoms with Crippen molar-refractivity contribution in [3.05, 3.63) is 88.4 Å². The highest BCUT2D eigenvalue weighted by Gasteiger charge is 2.20. The number of halogens is 1. The van der Waals surface area contributed by atoms with Crippen LogP contribution < -0.4 is 10.6 Å². The molecule has 0 saturated carbocycles. The van der Waals surface area contributed by atoms with Crippen molar-refractivity contribution >= 4 is 27.7 Å². The van der Waals surface area contributed by atoms with Crippen LogP contribution in [0.1, 0.15) is 27.8 Å². The van der Waals surface area contributed by atoms with E-state index in [1.165, 1.54) is 0 Å². The minimum Gasteiger partial charge on any atom is -0.343 e. The first-order valence-corrected chi connectivity index (χ1v) is 9.19. The van der Waals surface area contributed by atoms with Crippen LogP contribution in [0.5, 0.6) is 0 Å². The van der Waals surface area contributed by atoms with Crippen LogP contribution in [0.25, 0.3) is 0 Å². The third kappa shape index (κ3) is 4.83. The fourth-order valence-corrected chi connectivity index (χ4v) is 3.10. The van der Waals surface area contributed by atoms with E-state index < -0.39 is 6.04 Å². The Morgan fingerprint density at radius 1 is 1.15 bits per heavy atom. The van der Waals surface area contributed by atoms with Gasteiger partial charge in [0, 0.05) is 29.5 Å². The summed E-state index contributed by atoms with van der Waals surface area (Å²) in [7, 11) is 1.87. The van der Waals surface area contributed by atoms with Crippen LogP contribution in [0.3, 0.4) is 0 Å². The molecule has 0 saturated heterocycles. The minimum atomic E-state index is -0.401. The summed E-state index contributed by atoms with van der Waals surface area (Å²) in [5.41, 5.74) is 1.40. The van der Waals surface area contributed by atoms with E-state index in [-0.39, 0.29) is 18.4 Å². The van der Waals surface area contributed by atoms with Crippen molar-refractivity contribution in [3.63, 3.8) is 0 Å². The van der Waals surface area contributed by atoms with Crippen LogP contribution in [-0.4, -0.2) is 27.9 Å². The van der Waals surface area contributed by atoms with Crippen LogP contribution >= 0.6 is 15.9 Å². The standard InChI is InChI=1S/C20H19BrN4O2/c1-25-11-10-22-19(25)18(14-6-3-2-4-7-14)24-17(26)13-23-20(27)15-8-5-9-16(21)12-15/h2-12,18H,13H2,1H3,(H,23,27)(H,24,26)/t18-/m0/s1. The molecule has 0 aliphatic rings. The summed E-state index contributed by atoms with van der Waals surface area (Å²) >= 11 is 3.33. The number of carbonyl (C=O) groups is 2. The molecule has 0 spiro atoms. The largest absolute Gasteiger partial charge is 0.343 e. The molecule has 138 valence electrons. The Kier molecular flexibility index (Phi) is 6.03. The van der Waals surface area contributed by atoms with Gasteiger partial charge < -0.3 is 15.2 Å². The predicted molar refractivity (Wildman–Crippen MR) is 106 cm³/mol. The van der Waals surface area contributed by atoms with E-state index in [4.69, 9.17) is 0 Å². The highest BCUT2D eigenvalue weighted by atomic mass is 79.9. The number of aromatic nitrogens is 2. The van der Waals surface area contributed by atoms with Gasteiger partial charge in [-0.3, -0.25) is 9.59 Å². The number of carbonyl (C=O) groups excluding carboxylic acids is 2. The van der Waals surface area contributed by atoms with Crippen molar-refractivity contribution in [1.82, 2.24) is 20.2 Å². The lowest BCUT2D eigenvalue weighted by Gasteiger charge is -2.19. The molecule has 0 aliphatic heterocycles. The van der Waals surface area contributed by atoms with Gasteiger partial charge in [-0.15, -0.1) is 0 Å². The number of nitrogens with zero attached hydrogens (tertiary/aromatic N) is 2. The summed E-state index contributed by atoms with van der Waals surface area (Å²) in [6.07, 6.45) is 3.51. The van der Waals surface area contributed by atoms with Crippen LogP contribution in [0.4, 0.5) is 0 Å². The maximum atomic E-state index is 12.5. The Hall–Kier alpha value is -2.93. The molecule has 3 rings (SSSR count). The van der Waals surface area contributed by atoms with Gasteiger partial charge in [0.2, 0.25) is 5.91 Å². The van der Waals surface area contributed by atoms with Crippen LogP contribution in [0, 0.1) is 0 Å². The number of hydrogen-bond acceptors (Lipinski definition) is 3. The predicted octanol–water partition coefficient (Wildman–Crippen LogP) is 2.82. The lowest BCUT2D eigenvalue weighted by Crippen LogP contribution is -2.39. The molecular weight excluding hydrogens is 408 g/mol. The average Bonchev–Trinajstić information content (AvgIpc) is 3.10. The number of amides is 2. The van der Waals surface area contributed by atoms with Gasteiger partial charge in [0.05, 0.1) is 6.54 Å². The second-order valence-electron chi connectivity index (χ2n) is 6.00. The Bertz CT molecular complexity index is 940. The van der Waals surface area contributed by atoms with Gasteiger partial charge in [0.25, 0.3) is 5.91 Å². The van der Waals surface area contributed by atoms with Crippen molar-refractivity contribution in [1.29, 1.82) is 0 Å². The van der Waals surface area contributed by atoms with Crippen LogP contribution in [0.15, 0.2) is 71.5 Å². The SMILES string of the molecule is Cn1ccnc1[C@@H](NC(=O)CNC(=O)c1cccc(Br)c1)c1ccccc1. The van der Waals surface area contributed by atoms with Crippen molar-refractivity contribution in [3.8, 4) is 0 Å². The van der Waals surface area contributed by atoms with Gasteiger partial charge in [-0.1, -0.05) is 52.3 Å². The lowest BCUT2D eigenvalue weighted by atomic mass is 10.1. The van der Waals surface area contributed by atoms with Gasteiger partial charge in [0.15, 0.2) is 0 Å². The molecule has 0 aliphatic carbocycles. The molecule has 1 heterocycles. The summed E-state index contributed by atoms with van der Waals surface area (Å²) in [5.74, 6) is 0.114. The van der Waals surface area contributed by atoms with E-state index in [0.29, 0.717) is 11.4 Å². The molecule has 0 unspecified atom stereocenters. The minimum absolute atomic E-state index is 0.126. The summed E-state index contributed by atoms with van der Waals surface area (Å²) in [4.78, 5) is 29.0. The van der Waals surface area contributed by atoms with Gasteiger partial charge in [0.1, 0.15) is 11.9 Å². The fraction of sp³-hybridized carbons (Fsp3) is 0.150. The van der Waals surface area contributed by atoms with E-state index in [1.54, 1.807) is 24.4 Å². The summed E-state index contributed by atoms with van der Waals surface area (Å²) < 4.78 is 2.66. The van der Waals surface area contributed by atoms with Gasteiger partial charge in [-0.25, -0.2) is 4.98 Å². The zero-order valence-corrected chi connectivity index (χ0v) is 16.3. The summed E-state index contributed by atoms with van der Waals surface area (Å²) in [6, 6.07) is 16.2. The van der Waals surface area contributed by atoms with E-state index in [9.17, 15) is 9.59 Å². The Labute approximate surface area is 165 Å². The molecule has 7 heteroatoms. The Morgan fingerprint density at radius 3 is 2.59 bits per heavy atom. The van der Waals surface area contributed by atoms with Crippen LogP contribution in [0.2, 0.25) is 0 Å². The van der Waals surface area contributed by atoms with Crippen molar-refractivity contribution in [2.24, 2.45) is 7.05 Å². The highest BCUT2D eigenvalue weighted by molar-refractivity contribution is 9.10. The monoisotopic (exact) mass is 426 g/mol. The molecule has 0 fully saturated rings. The molecule has 0 bridgehead atoms.